The van der Waals surface area contributed by atoms with Crippen molar-refractivity contribution in [2.24, 2.45) is 0 Å². The van der Waals surface area contributed by atoms with Crippen LogP contribution in [0.1, 0.15) is 39.4 Å². The van der Waals surface area contributed by atoms with Crippen LogP contribution < -0.4 is 0 Å². The molecule has 2 aromatic rings. The van der Waals surface area contributed by atoms with Crippen LogP contribution in [0, 0.1) is 0 Å². The predicted molar refractivity (Wildman–Crippen MR) is 93.8 cm³/mol. The second-order valence-corrected chi connectivity index (χ2v) is 7.69. The van der Waals surface area contributed by atoms with Gasteiger partial charge in [-0.25, -0.2) is 9.07 Å². The van der Waals surface area contributed by atoms with Gasteiger partial charge < -0.3 is 9.80 Å². The Morgan fingerprint density at radius 2 is 2.08 bits per heavy atom. The minimum Gasteiger partial charge on any atom is -0.337 e. The van der Waals surface area contributed by atoms with Gasteiger partial charge in [0.05, 0.1) is 30.2 Å². The summed E-state index contributed by atoms with van der Waals surface area (Å²) in [6, 6.07) is 3.26. The molecule has 0 spiro atoms. The number of hydrogen-bond donors (Lipinski definition) is 0. The van der Waals surface area contributed by atoms with Crippen LogP contribution in [0.2, 0.25) is 0 Å². The molecule has 0 aromatic carbocycles. The standard InChI is InChI=1S/C17H20FN5O2S/c18-12-8-13(23(9-12)17(25)15-4-3-7-26-15)10-22-11-14(19-20-22)16(24)21-5-1-2-6-21/h3-4,7,11-13H,1-2,5-6,8-10H2/t12-,13-/m0/s1. The number of carbonyl (C=O) groups is 2. The topological polar surface area (TPSA) is 71.3 Å². The van der Waals surface area contributed by atoms with E-state index >= 15 is 0 Å². The van der Waals surface area contributed by atoms with Crippen LogP contribution >= 0.6 is 11.3 Å². The van der Waals surface area contributed by atoms with Gasteiger partial charge in [-0.3, -0.25) is 9.59 Å². The molecular weight excluding hydrogens is 357 g/mol. The van der Waals surface area contributed by atoms with Gasteiger partial charge >= 0.3 is 0 Å². The van der Waals surface area contributed by atoms with Gasteiger partial charge in [0.2, 0.25) is 0 Å². The SMILES string of the molecule is O=C(c1cn(C[C@@H]2C[C@H](F)CN2C(=O)c2cccs2)nn1)N1CCCC1. The van der Waals surface area contributed by atoms with Crippen LogP contribution in [-0.4, -0.2) is 68.5 Å². The lowest BCUT2D eigenvalue weighted by molar-refractivity contribution is 0.0718. The number of hydrogen-bond acceptors (Lipinski definition) is 5. The highest BCUT2D eigenvalue weighted by molar-refractivity contribution is 7.12. The van der Waals surface area contributed by atoms with E-state index in [4.69, 9.17) is 0 Å². The monoisotopic (exact) mass is 377 g/mol. The third kappa shape index (κ3) is 3.35. The second kappa shape index (κ2) is 7.14. The van der Waals surface area contributed by atoms with Gasteiger partial charge in [0, 0.05) is 19.5 Å². The molecule has 9 heteroatoms. The van der Waals surface area contributed by atoms with Crippen molar-refractivity contribution < 1.29 is 14.0 Å². The number of halogens is 1. The summed E-state index contributed by atoms with van der Waals surface area (Å²) in [6.45, 7) is 1.93. The molecule has 2 aromatic heterocycles. The van der Waals surface area contributed by atoms with E-state index < -0.39 is 6.17 Å². The minimum absolute atomic E-state index is 0.0929. The zero-order valence-electron chi connectivity index (χ0n) is 14.3. The molecule has 4 rings (SSSR count). The summed E-state index contributed by atoms with van der Waals surface area (Å²) in [4.78, 5) is 28.9. The molecule has 0 aliphatic carbocycles. The number of aromatic nitrogens is 3. The smallest absolute Gasteiger partial charge is 0.276 e. The average Bonchev–Trinajstić information content (AvgIpc) is 3.41. The Labute approximate surface area is 154 Å². The Kier molecular flexibility index (Phi) is 4.71. The first-order chi connectivity index (χ1) is 12.6. The lowest BCUT2D eigenvalue weighted by Crippen LogP contribution is -2.38. The fourth-order valence-corrected chi connectivity index (χ4v) is 4.29. The lowest BCUT2D eigenvalue weighted by Gasteiger charge is -2.23. The number of amides is 2. The highest BCUT2D eigenvalue weighted by atomic mass is 32.1. The third-order valence-corrected chi connectivity index (χ3v) is 5.76. The summed E-state index contributed by atoms with van der Waals surface area (Å²) in [6.07, 6.45) is 2.85. The van der Waals surface area contributed by atoms with Crippen LogP contribution in [0.3, 0.4) is 0 Å². The Morgan fingerprint density at radius 3 is 2.81 bits per heavy atom. The van der Waals surface area contributed by atoms with E-state index in [0.29, 0.717) is 17.1 Å². The van der Waals surface area contributed by atoms with Crippen LogP contribution in [0.15, 0.2) is 23.7 Å². The molecule has 0 saturated carbocycles. The Hall–Kier alpha value is -2.29. The van der Waals surface area contributed by atoms with E-state index in [1.54, 1.807) is 26.7 Å². The fourth-order valence-electron chi connectivity index (χ4n) is 3.61. The molecule has 0 radical (unpaired) electrons. The maximum atomic E-state index is 14.0. The van der Waals surface area contributed by atoms with E-state index in [-0.39, 0.29) is 30.8 Å². The zero-order chi connectivity index (χ0) is 18.1. The molecule has 4 heterocycles. The highest BCUT2D eigenvalue weighted by Gasteiger charge is 2.36. The molecule has 7 nitrogen and oxygen atoms in total. The minimum atomic E-state index is -1.04. The molecule has 26 heavy (non-hydrogen) atoms. The first-order valence-electron chi connectivity index (χ1n) is 8.80. The molecule has 2 amide bonds. The van der Waals surface area contributed by atoms with Gasteiger partial charge in [-0.2, -0.15) is 0 Å². The van der Waals surface area contributed by atoms with E-state index in [9.17, 15) is 14.0 Å². The number of rotatable bonds is 4. The number of likely N-dealkylation sites (tertiary alicyclic amines) is 2. The molecule has 2 fully saturated rings. The largest absolute Gasteiger partial charge is 0.337 e. The molecule has 0 unspecified atom stereocenters. The molecule has 138 valence electrons. The van der Waals surface area contributed by atoms with E-state index in [0.717, 1.165) is 25.9 Å². The van der Waals surface area contributed by atoms with Crippen molar-refractivity contribution in [3.05, 3.63) is 34.3 Å². The van der Waals surface area contributed by atoms with Gasteiger partial charge in [-0.1, -0.05) is 11.3 Å². The van der Waals surface area contributed by atoms with Gasteiger partial charge in [0.15, 0.2) is 5.69 Å². The summed E-state index contributed by atoms with van der Waals surface area (Å²) in [5, 5.41) is 9.82. The van der Waals surface area contributed by atoms with E-state index in [1.165, 1.54) is 11.3 Å². The number of carbonyl (C=O) groups excluding carboxylic acids is 2. The van der Waals surface area contributed by atoms with E-state index in [2.05, 4.69) is 10.3 Å². The molecule has 0 bridgehead atoms. The zero-order valence-corrected chi connectivity index (χ0v) is 15.1. The van der Waals surface area contributed by atoms with Crippen molar-refractivity contribution in [1.82, 2.24) is 24.8 Å². The lowest BCUT2D eigenvalue weighted by atomic mass is 10.2. The van der Waals surface area contributed by atoms with Crippen LogP contribution in [0.4, 0.5) is 4.39 Å². The van der Waals surface area contributed by atoms with Crippen molar-refractivity contribution in [3.63, 3.8) is 0 Å². The summed E-state index contributed by atoms with van der Waals surface area (Å²) >= 11 is 1.35. The molecule has 2 atom stereocenters. The Morgan fingerprint density at radius 1 is 1.27 bits per heavy atom. The molecular formula is C17H20FN5O2S. The fraction of sp³-hybridized carbons (Fsp3) is 0.529. The second-order valence-electron chi connectivity index (χ2n) is 6.75. The maximum Gasteiger partial charge on any atom is 0.276 e. The molecule has 2 saturated heterocycles. The maximum absolute atomic E-state index is 14.0. The summed E-state index contributed by atoms with van der Waals surface area (Å²) in [7, 11) is 0. The quantitative estimate of drug-likeness (QED) is 0.815. The van der Waals surface area contributed by atoms with E-state index in [1.807, 2.05) is 11.4 Å². The summed E-state index contributed by atoms with van der Waals surface area (Å²) in [5.41, 5.74) is 0.304. The molecule has 2 aliphatic heterocycles. The normalized spacial score (nSPS) is 23.0. The number of thiophene rings is 1. The van der Waals surface area contributed by atoms with Gasteiger partial charge in [-0.15, -0.1) is 16.4 Å². The summed E-state index contributed by atoms with van der Waals surface area (Å²) in [5.74, 6) is -0.270. The van der Waals surface area contributed by atoms with Crippen LogP contribution in [-0.2, 0) is 6.54 Å². The first kappa shape index (κ1) is 17.1. The van der Waals surface area contributed by atoms with Crippen LogP contribution in [0.25, 0.3) is 0 Å². The first-order valence-corrected chi connectivity index (χ1v) is 9.68. The Balaban J connectivity index is 1.45. The number of nitrogens with zero attached hydrogens (tertiary/aromatic N) is 5. The van der Waals surface area contributed by atoms with Crippen molar-refractivity contribution in [2.75, 3.05) is 19.6 Å². The number of alkyl halides is 1. The van der Waals surface area contributed by atoms with Gasteiger partial charge in [-0.05, 0) is 24.3 Å². The highest BCUT2D eigenvalue weighted by Crippen LogP contribution is 2.25. The third-order valence-electron chi connectivity index (χ3n) is 4.91. The molecule has 0 N–H and O–H groups in total. The van der Waals surface area contributed by atoms with Crippen molar-refractivity contribution in [2.45, 2.75) is 38.0 Å². The Bertz CT molecular complexity index is 787. The van der Waals surface area contributed by atoms with Crippen molar-refractivity contribution in [3.8, 4) is 0 Å². The van der Waals surface area contributed by atoms with Gasteiger partial charge in [0.1, 0.15) is 6.17 Å². The van der Waals surface area contributed by atoms with Crippen molar-refractivity contribution >= 4 is 23.2 Å². The molecule has 2 aliphatic rings. The van der Waals surface area contributed by atoms with Crippen LogP contribution in [0.5, 0.6) is 0 Å². The average molecular weight is 377 g/mol. The summed E-state index contributed by atoms with van der Waals surface area (Å²) < 4.78 is 15.5. The van der Waals surface area contributed by atoms with Gasteiger partial charge in [0.25, 0.3) is 11.8 Å². The predicted octanol–water partition coefficient (Wildman–Crippen LogP) is 1.83. The van der Waals surface area contributed by atoms with Crippen molar-refractivity contribution in [1.29, 1.82) is 0 Å².